The Morgan fingerprint density at radius 3 is 2.84 bits per heavy atom. The van der Waals surface area contributed by atoms with Crippen LogP contribution in [0.2, 0.25) is 0 Å². The van der Waals surface area contributed by atoms with E-state index < -0.39 is 43.7 Å². The number of benzene rings is 1. The maximum atomic E-state index is 15.4. The minimum Gasteiger partial charge on any atom is -0.479 e. The first-order chi connectivity index (χ1) is 19.3. The predicted molar refractivity (Wildman–Crippen MR) is 125 cm³/mol. The lowest BCUT2D eigenvalue weighted by Crippen LogP contribution is -2.57. The first-order valence-electron chi connectivity index (χ1n) is 13.3. The molecule has 0 amide bonds. The van der Waals surface area contributed by atoms with E-state index in [2.05, 4.69) is 25.7 Å². The van der Waals surface area contributed by atoms with Crippen LogP contribution in [0, 0.1) is 5.82 Å². The van der Waals surface area contributed by atoms with E-state index in [1.165, 1.54) is 18.2 Å². The molecule has 0 unspecified atom stereocenters. The molecule has 5 heterocycles. The number of nitrogens with one attached hydrogen (secondary N) is 1. The van der Waals surface area contributed by atoms with Gasteiger partial charge in [0.25, 0.3) is 0 Å². The van der Waals surface area contributed by atoms with Gasteiger partial charge in [-0.1, -0.05) is 11.3 Å². The lowest BCUT2D eigenvalue weighted by Gasteiger charge is -2.42. The number of hydrogen-bond donors (Lipinski definition) is 1. The Labute approximate surface area is 216 Å². The van der Waals surface area contributed by atoms with Crippen molar-refractivity contribution in [3.63, 3.8) is 0 Å². The van der Waals surface area contributed by atoms with Crippen LogP contribution in [0.25, 0.3) is 27.7 Å². The highest BCUT2D eigenvalue weighted by molar-refractivity contribution is 5.89. The third-order valence-electron chi connectivity index (χ3n) is 6.81. The Kier molecular flexibility index (Phi) is 5.23. The Morgan fingerprint density at radius 1 is 1.29 bits per heavy atom. The molecule has 0 spiro atoms. The zero-order chi connectivity index (χ0) is 29.1. The number of fused-ring (bicyclic) bond motifs is 2. The maximum Gasteiger partial charge on any atom is 0.408 e. The van der Waals surface area contributed by atoms with Crippen molar-refractivity contribution in [2.45, 2.75) is 37.4 Å². The molecule has 10 nitrogen and oxygen atoms in total. The first-order valence-corrected chi connectivity index (χ1v) is 11.8. The van der Waals surface area contributed by atoms with Crippen molar-refractivity contribution in [1.82, 2.24) is 34.5 Å². The number of aromatic nitrogens is 6. The summed E-state index contributed by atoms with van der Waals surface area (Å²) in [5.41, 5.74) is -0.198. The van der Waals surface area contributed by atoms with Gasteiger partial charge in [0.2, 0.25) is 11.8 Å². The number of ether oxygens (including phenoxy) is 2. The van der Waals surface area contributed by atoms with Crippen molar-refractivity contribution in [3.8, 4) is 17.0 Å². The molecule has 3 aromatic heterocycles. The third-order valence-corrected chi connectivity index (χ3v) is 6.81. The van der Waals surface area contributed by atoms with Crippen LogP contribution in [0.15, 0.2) is 24.4 Å². The van der Waals surface area contributed by atoms with E-state index in [0.29, 0.717) is 30.9 Å². The number of rotatable bonds is 6. The van der Waals surface area contributed by atoms with Crippen LogP contribution in [-0.4, -0.2) is 92.3 Å². The number of alkyl halides is 4. The van der Waals surface area contributed by atoms with Gasteiger partial charge in [-0.15, -0.1) is 10.2 Å². The van der Waals surface area contributed by atoms with E-state index >= 15 is 8.78 Å². The summed E-state index contributed by atoms with van der Waals surface area (Å²) in [7, 11) is -3.00. The average Bonchev–Trinajstić information content (AvgIpc) is 3.37. The molecular weight excluding hydrogens is 515 g/mol. The van der Waals surface area contributed by atoms with Crippen LogP contribution in [0.5, 0.6) is 5.88 Å². The smallest absolute Gasteiger partial charge is 0.408 e. The third kappa shape index (κ3) is 4.49. The van der Waals surface area contributed by atoms with Gasteiger partial charge in [0.15, 0.2) is 5.82 Å². The molecule has 1 N–H and O–H groups in total. The molecule has 6 rings (SSSR count). The van der Waals surface area contributed by atoms with Gasteiger partial charge in [-0.05, 0) is 24.1 Å². The summed E-state index contributed by atoms with van der Waals surface area (Å²) in [6.07, 6.45) is -4.52. The molecule has 2 fully saturated rings. The van der Waals surface area contributed by atoms with Crippen molar-refractivity contribution in [2.75, 3.05) is 38.7 Å². The largest absolute Gasteiger partial charge is 0.479 e. The molecule has 38 heavy (non-hydrogen) atoms. The van der Waals surface area contributed by atoms with Gasteiger partial charge in [0.1, 0.15) is 23.7 Å². The van der Waals surface area contributed by atoms with Gasteiger partial charge in [0.05, 0.1) is 53.7 Å². The van der Waals surface area contributed by atoms with E-state index in [0.717, 1.165) is 10.7 Å². The number of hydrogen-bond acceptors (Lipinski definition) is 8. The van der Waals surface area contributed by atoms with Gasteiger partial charge in [-0.3, -0.25) is 4.90 Å². The summed E-state index contributed by atoms with van der Waals surface area (Å²) in [6.45, 7) is 0.446. The second-order valence-electron chi connectivity index (χ2n) is 9.30. The average molecular weight is 541 g/mol. The maximum absolute atomic E-state index is 15.4. The predicted octanol–water partition coefficient (Wildman–Crippen LogP) is 3.07. The molecule has 4 aromatic rings. The fourth-order valence-corrected chi connectivity index (χ4v) is 4.86. The molecule has 15 heteroatoms. The van der Waals surface area contributed by atoms with Crippen LogP contribution in [0.1, 0.15) is 10.5 Å². The van der Waals surface area contributed by atoms with Gasteiger partial charge in [0, 0.05) is 13.1 Å². The molecule has 202 valence electrons. The Balaban J connectivity index is 1.37. The Hall–Kier alpha value is -3.59. The number of methoxy groups -OCH3 is 1. The summed E-state index contributed by atoms with van der Waals surface area (Å²) >= 11 is 0. The molecule has 1 aromatic carbocycles. The fourth-order valence-electron chi connectivity index (χ4n) is 4.86. The Morgan fingerprint density at radius 2 is 2.13 bits per heavy atom. The van der Waals surface area contributed by atoms with Crippen LogP contribution in [-0.2, 0) is 11.3 Å². The normalized spacial score (nSPS) is 22.7. The Bertz CT molecular complexity index is 1590. The number of likely N-dealkylation sites (tertiary alicyclic amines) is 1. The second-order valence-corrected chi connectivity index (χ2v) is 9.30. The van der Waals surface area contributed by atoms with E-state index in [-0.39, 0.29) is 46.2 Å². The summed E-state index contributed by atoms with van der Waals surface area (Å²) in [5, 5.41) is 14.3. The van der Waals surface area contributed by atoms with E-state index in [1.807, 2.05) is 4.90 Å². The van der Waals surface area contributed by atoms with Gasteiger partial charge in [-0.25, -0.2) is 18.0 Å². The summed E-state index contributed by atoms with van der Waals surface area (Å²) < 4.78 is 104. The lowest BCUT2D eigenvalue weighted by molar-refractivity contribution is -0.142. The highest BCUT2D eigenvalue weighted by atomic mass is 19.4. The van der Waals surface area contributed by atoms with Crippen molar-refractivity contribution >= 4 is 22.5 Å². The van der Waals surface area contributed by atoms with Crippen LogP contribution >= 0.6 is 0 Å². The number of nitrogens with zero attached hydrogens (tertiary/aromatic N) is 7. The number of anilines is 1. The number of piperidine rings is 1. The van der Waals surface area contributed by atoms with Gasteiger partial charge in [-0.2, -0.15) is 18.2 Å². The second kappa shape index (κ2) is 9.31. The monoisotopic (exact) mass is 541 g/mol. The van der Waals surface area contributed by atoms with Crippen molar-refractivity contribution < 1.29 is 35.5 Å². The molecule has 2 atom stereocenters. The van der Waals surface area contributed by atoms with E-state index in [9.17, 15) is 13.2 Å². The van der Waals surface area contributed by atoms with Crippen molar-refractivity contribution in [3.05, 3.63) is 30.2 Å². The minimum absolute atomic E-state index is 0.0233. The first kappa shape index (κ1) is 21.4. The quantitative estimate of drug-likeness (QED) is 0.373. The van der Waals surface area contributed by atoms with Crippen LogP contribution in [0.3, 0.4) is 0 Å². The lowest BCUT2D eigenvalue weighted by atomic mass is 10.0. The summed E-state index contributed by atoms with van der Waals surface area (Å²) in [6, 6.07) is 3.48. The molecule has 2 aliphatic rings. The van der Waals surface area contributed by atoms with E-state index in [1.54, 1.807) is 0 Å². The molecule has 2 aliphatic heterocycles. The highest BCUT2D eigenvalue weighted by Gasteiger charge is 2.36. The SMILES string of the molecule is [2H]C([2H])([2H])Oc1nc(N[C@@H]2CCN(C3COC3)C[C@H]2F)nn2cc(F)c(-c3ccc4nnn(CC(F)(F)F)c4c3)c12. The number of halogens is 5. The summed E-state index contributed by atoms with van der Waals surface area (Å²) in [4.78, 5) is 6.14. The minimum atomic E-state index is -4.58. The summed E-state index contributed by atoms with van der Waals surface area (Å²) in [5.74, 6) is -1.59. The van der Waals surface area contributed by atoms with E-state index in [4.69, 9.17) is 13.6 Å². The van der Waals surface area contributed by atoms with Crippen molar-refractivity contribution in [2.24, 2.45) is 0 Å². The molecule has 0 saturated carbocycles. The zero-order valence-corrected chi connectivity index (χ0v) is 19.6. The van der Waals surface area contributed by atoms with Crippen LogP contribution < -0.4 is 10.1 Å². The molecule has 0 bridgehead atoms. The molecule has 0 aliphatic carbocycles. The molecule has 2 saturated heterocycles. The fraction of sp³-hybridized carbons (Fsp3) is 0.478. The van der Waals surface area contributed by atoms with Gasteiger partial charge >= 0.3 is 6.18 Å². The topological polar surface area (TPSA) is 94.6 Å². The molecular formula is C23H23F5N8O2. The van der Waals surface area contributed by atoms with Crippen LogP contribution in [0.4, 0.5) is 27.9 Å². The zero-order valence-electron chi connectivity index (χ0n) is 22.6. The van der Waals surface area contributed by atoms with Crippen molar-refractivity contribution in [1.29, 1.82) is 0 Å². The standard InChI is InChI=1S/C23H23F5N8O2/c1-37-21-20-19(12-2-3-17-18(6-12)36(33-31-17)11-23(26,27)28)15(25)8-35(20)32-22(30-21)29-16-4-5-34(7-14(16)24)13-9-38-10-13/h2-3,6,8,13-14,16H,4-5,7,9-11H2,1H3,(H,29,32)/t14-,16-/m1/s1/i1D3. The molecule has 0 radical (unpaired) electrons. The highest BCUT2D eigenvalue weighted by Crippen LogP contribution is 2.36. The van der Waals surface area contributed by atoms with Gasteiger partial charge < -0.3 is 14.8 Å².